The quantitative estimate of drug-likeness (QED) is 0.937. The van der Waals surface area contributed by atoms with Gasteiger partial charge in [0.05, 0.1) is 16.7 Å². The van der Waals surface area contributed by atoms with Crippen LogP contribution in [0.5, 0.6) is 0 Å². The van der Waals surface area contributed by atoms with Crippen LogP contribution in [0.25, 0.3) is 0 Å². The molecule has 0 aliphatic rings. The van der Waals surface area contributed by atoms with E-state index in [2.05, 4.69) is 9.71 Å². The predicted octanol–water partition coefficient (Wildman–Crippen LogP) is 2.09. The Balaban J connectivity index is 2.25. The lowest BCUT2D eigenvalue weighted by atomic mass is 10.2. The van der Waals surface area contributed by atoms with Crippen molar-refractivity contribution < 1.29 is 8.42 Å². The van der Waals surface area contributed by atoms with Crippen LogP contribution in [0, 0.1) is 11.3 Å². The van der Waals surface area contributed by atoms with Crippen molar-refractivity contribution in [3.63, 3.8) is 0 Å². The van der Waals surface area contributed by atoms with Gasteiger partial charge < -0.3 is 0 Å². The number of rotatable bonds is 4. The lowest BCUT2D eigenvalue weighted by Crippen LogP contribution is -2.23. The van der Waals surface area contributed by atoms with Crippen molar-refractivity contribution >= 4 is 21.6 Å². The third-order valence-corrected chi connectivity index (χ3v) is 4.42. The first-order valence-corrected chi connectivity index (χ1v) is 7.47. The second kappa shape index (κ2) is 6.01. The first-order chi connectivity index (χ1) is 9.53. The van der Waals surface area contributed by atoms with Gasteiger partial charge in [0, 0.05) is 18.9 Å². The van der Waals surface area contributed by atoms with Gasteiger partial charge in [-0.05, 0) is 29.8 Å². The van der Waals surface area contributed by atoms with Gasteiger partial charge in [-0.15, -0.1) is 0 Å². The van der Waals surface area contributed by atoms with Crippen molar-refractivity contribution in [2.45, 2.75) is 11.4 Å². The summed E-state index contributed by atoms with van der Waals surface area (Å²) in [6, 6.07) is 9.44. The molecule has 102 valence electrons. The number of nitrogens with zero attached hydrogens (tertiary/aromatic N) is 2. The number of nitriles is 1. The number of halogens is 1. The van der Waals surface area contributed by atoms with Crippen molar-refractivity contribution in [2.75, 3.05) is 0 Å². The normalized spacial score (nSPS) is 11.0. The average Bonchev–Trinajstić information content (AvgIpc) is 2.47. The van der Waals surface area contributed by atoms with Crippen molar-refractivity contribution in [3.8, 4) is 6.07 Å². The van der Waals surface area contributed by atoms with Crippen LogP contribution in [0.2, 0.25) is 5.02 Å². The Morgan fingerprint density at radius 3 is 2.80 bits per heavy atom. The first-order valence-electron chi connectivity index (χ1n) is 5.61. The number of benzene rings is 1. The van der Waals surface area contributed by atoms with Gasteiger partial charge in [-0.2, -0.15) is 5.26 Å². The van der Waals surface area contributed by atoms with E-state index in [-0.39, 0.29) is 22.0 Å². The van der Waals surface area contributed by atoms with E-state index in [0.29, 0.717) is 0 Å². The van der Waals surface area contributed by atoms with Crippen LogP contribution < -0.4 is 4.72 Å². The zero-order valence-electron chi connectivity index (χ0n) is 10.2. The van der Waals surface area contributed by atoms with Crippen molar-refractivity contribution in [3.05, 3.63) is 58.9 Å². The van der Waals surface area contributed by atoms with Gasteiger partial charge >= 0.3 is 0 Å². The molecule has 7 heteroatoms. The standard InChI is InChI=1S/C13H10ClN3O2S/c14-12-4-3-10(7-15)6-13(12)20(18,19)17-9-11-2-1-5-16-8-11/h1-6,8,17H,9H2. The Bertz CT molecular complexity index is 755. The summed E-state index contributed by atoms with van der Waals surface area (Å²) >= 11 is 5.88. The lowest BCUT2D eigenvalue weighted by Gasteiger charge is -2.08. The molecule has 2 aromatic rings. The van der Waals surface area contributed by atoms with Gasteiger partial charge in [0.25, 0.3) is 0 Å². The van der Waals surface area contributed by atoms with Crippen LogP contribution >= 0.6 is 11.6 Å². The topological polar surface area (TPSA) is 82.8 Å². The minimum atomic E-state index is -3.78. The minimum Gasteiger partial charge on any atom is -0.264 e. The molecule has 5 nitrogen and oxygen atoms in total. The third-order valence-electron chi connectivity index (χ3n) is 2.54. The summed E-state index contributed by atoms with van der Waals surface area (Å²) in [5.74, 6) is 0. The van der Waals surface area contributed by atoms with Gasteiger partial charge in [-0.1, -0.05) is 17.7 Å². The first kappa shape index (κ1) is 14.5. The number of hydrogen-bond acceptors (Lipinski definition) is 4. The molecule has 2 rings (SSSR count). The fourth-order valence-corrected chi connectivity index (χ4v) is 3.08. The highest BCUT2D eigenvalue weighted by molar-refractivity contribution is 7.89. The second-order valence-electron chi connectivity index (χ2n) is 3.94. The number of aromatic nitrogens is 1. The molecule has 0 amide bonds. The van der Waals surface area contributed by atoms with Gasteiger partial charge in [-0.25, -0.2) is 13.1 Å². The van der Waals surface area contributed by atoms with E-state index in [0.717, 1.165) is 5.56 Å². The van der Waals surface area contributed by atoms with Crippen molar-refractivity contribution in [1.82, 2.24) is 9.71 Å². The molecule has 0 saturated heterocycles. The molecule has 20 heavy (non-hydrogen) atoms. The molecule has 0 saturated carbocycles. The van der Waals surface area contributed by atoms with Crippen LogP contribution in [-0.4, -0.2) is 13.4 Å². The Kier molecular flexibility index (Phi) is 4.35. The van der Waals surface area contributed by atoms with Gasteiger partial charge in [0.15, 0.2) is 0 Å². The third kappa shape index (κ3) is 3.33. The summed E-state index contributed by atoms with van der Waals surface area (Å²) in [6.45, 7) is 0.100. The molecule has 1 heterocycles. The summed E-state index contributed by atoms with van der Waals surface area (Å²) in [5, 5.41) is 8.88. The smallest absolute Gasteiger partial charge is 0.242 e. The average molecular weight is 308 g/mol. The number of sulfonamides is 1. The van der Waals surface area contributed by atoms with E-state index >= 15 is 0 Å². The Hall–Kier alpha value is -1.94. The predicted molar refractivity (Wildman–Crippen MR) is 74.4 cm³/mol. The van der Waals surface area contributed by atoms with E-state index in [1.807, 2.05) is 6.07 Å². The Labute approximate surface area is 121 Å². The molecule has 0 aliphatic heterocycles. The monoisotopic (exact) mass is 307 g/mol. The highest BCUT2D eigenvalue weighted by atomic mass is 35.5. The van der Waals surface area contributed by atoms with Crippen LogP contribution in [-0.2, 0) is 16.6 Å². The van der Waals surface area contributed by atoms with E-state index in [1.165, 1.54) is 18.2 Å². The van der Waals surface area contributed by atoms with E-state index in [1.54, 1.807) is 24.5 Å². The fourth-order valence-electron chi connectivity index (χ4n) is 1.54. The second-order valence-corrected chi connectivity index (χ2v) is 6.09. The molecule has 0 spiro atoms. The van der Waals surface area contributed by atoms with E-state index in [4.69, 9.17) is 16.9 Å². The maximum Gasteiger partial charge on any atom is 0.242 e. The Morgan fingerprint density at radius 1 is 1.35 bits per heavy atom. The zero-order chi connectivity index (χ0) is 14.6. The molecule has 0 radical (unpaired) electrons. The van der Waals surface area contributed by atoms with Crippen LogP contribution in [0.15, 0.2) is 47.6 Å². The lowest BCUT2D eigenvalue weighted by molar-refractivity contribution is 0.581. The molecule has 0 aliphatic carbocycles. The molecule has 1 aromatic heterocycles. The zero-order valence-corrected chi connectivity index (χ0v) is 11.8. The molecule has 0 unspecified atom stereocenters. The number of hydrogen-bond donors (Lipinski definition) is 1. The summed E-state index contributed by atoms with van der Waals surface area (Å²) in [7, 11) is -3.78. The highest BCUT2D eigenvalue weighted by Crippen LogP contribution is 2.22. The van der Waals surface area contributed by atoms with Crippen LogP contribution in [0.1, 0.15) is 11.1 Å². The van der Waals surface area contributed by atoms with E-state index in [9.17, 15) is 8.42 Å². The minimum absolute atomic E-state index is 0.0719. The largest absolute Gasteiger partial charge is 0.264 e. The molecular formula is C13H10ClN3O2S. The highest BCUT2D eigenvalue weighted by Gasteiger charge is 2.18. The molecule has 0 fully saturated rings. The molecular weight excluding hydrogens is 298 g/mol. The van der Waals surface area contributed by atoms with Crippen LogP contribution in [0.4, 0.5) is 0 Å². The SMILES string of the molecule is N#Cc1ccc(Cl)c(S(=O)(=O)NCc2cccnc2)c1. The molecule has 1 N–H and O–H groups in total. The summed E-state index contributed by atoms with van der Waals surface area (Å²) < 4.78 is 26.8. The maximum atomic E-state index is 12.2. The molecule has 0 atom stereocenters. The molecule has 1 aromatic carbocycles. The summed E-state index contributed by atoms with van der Waals surface area (Å²) in [4.78, 5) is 3.79. The van der Waals surface area contributed by atoms with Gasteiger partial charge in [0.2, 0.25) is 10.0 Å². The number of pyridine rings is 1. The summed E-state index contributed by atoms with van der Waals surface area (Å²) in [5.41, 5.74) is 0.958. The van der Waals surface area contributed by atoms with E-state index < -0.39 is 10.0 Å². The van der Waals surface area contributed by atoms with Gasteiger partial charge in [-0.3, -0.25) is 4.98 Å². The van der Waals surface area contributed by atoms with Crippen molar-refractivity contribution in [1.29, 1.82) is 5.26 Å². The van der Waals surface area contributed by atoms with Crippen molar-refractivity contribution in [2.24, 2.45) is 0 Å². The molecule has 0 bridgehead atoms. The summed E-state index contributed by atoms with van der Waals surface area (Å²) in [6.07, 6.45) is 3.17. The van der Waals surface area contributed by atoms with Gasteiger partial charge in [0.1, 0.15) is 4.90 Å². The maximum absolute atomic E-state index is 12.2. The Morgan fingerprint density at radius 2 is 2.15 bits per heavy atom. The van der Waals surface area contributed by atoms with Crippen LogP contribution in [0.3, 0.4) is 0 Å². The number of nitrogens with one attached hydrogen (secondary N) is 1. The fraction of sp³-hybridized carbons (Fsp3) is 0.0769.